The number of ether oxygens (including phenoxy) is 4. The monoisotopic (exact) mass is 1100 g/mol. The van der Waals surface area contributed by atoms with Gasteiger partial charge in [0.05, 0.1) is 32.5 Å². The van der Waals surface area contributed by atoms with Gasteiger partial charge in [-0.05, 0) is 143 Å². The number of nitrogens with two attached hydrogens (primary N) is 1. The average molecular weight is 1100 g/mol. The minimum absolute atomic E-state index is 0.0433. The summed E-state index contributed by atoms with van der Waals surface area (Å²) < 4.78 is 24.5. The van der Waals surface area contributed by atoms with Gasteiger partial charge in [0.2, 0.25) is 11.8 Å². The molecular weight excluding hydrogens is 991 g/mol. The van der Waals surface area contributed by atoms with Crippen LogP contribution in [0.2, 0.25) is 0 Å². The summed E-state index contributed by atoms with van der Waals surface area (Å²) in [5.41, 5.74) is 11.8. The summed E-state index contributed by atoms with van der Waals surface area (Å²) in [7, 11) is 0. The fraction of sp³-hybridized carbons (Fsp3) is 0.634. The molecular formula is C71H111N3O6. The van der Waals surface area contributed by atoms with Crippen LogP contribution < -0.4 is 15.2 Å². The Labute approximate surface area is 487 Å². The molecule has 2 amide bonds. The molecule has 9 nitrogen and oxygen atoms in total. The van der Waals surface area contributed by atoms with E-state index in [4.69, 9.17) is 24.7 Å². The normalized spacial score (nSPS) is 15.1. The molecule has 4 aromatic carbocycles. The van der Waals surface area contributed by atoms with Crippen molar-refractivity contribution in [1.29, 1.82) is 0 Å². The zero-order valence-electron chi connectivity index (χ0n) is 53.1. The number of hydrogen-bond acceptors (Lipinski definition) is 7. The second kappa shape index (κ2) is 32.8. The number of amides is 2. The van der Waals surface area contributed by atoms with Crippen LogP contribution in [-0.2, 0) is 32.2 Å². The van der Waals surface area contributed by atoms with Gasteiger partial charge in [-0.15, -0.1) is 0 Å². The Morgan fingerprint density at radius 2 is 0.750 bits per heavy atom. The number of carbonyl (C=O) groups excluding carboxylic acids is 2. The van der Waals surface area contributed by atoms with Crippen LogP contribution in [0, 0.1) is 57.2 Å². The SMILES string of the molecule is CC(CCC(C(=O)N(CCOCCOc1ccc(C(N)c2ccc(OCCOCCN(Cc3ccccc3)C(=O)C(CCC(C)CC(C)(C)C)C(C)CC(C)(C)C)cc2)cc1)Cc1ccccc1)C(C)CC(C)(C)C)CC(C)(C)C. The first-order chi connectivity index (χ1) is 37.6. The van der Waals surface area contributed by atoms with Crippen LogP contribution in [0.3, 0.4) is 0 Å². The molecule has 0 bridgehead atoms. The van der Waals surface area contributed by atoms with Crippen LogP contribution in [0.5, 0.6) is 11.5 Å². The average Bonchev–Trinajstić information content (AvgIpc) is 3.36. The Hall–Kier alpha value is -4.70. The lowest BCUT2D eigenvalue weighted by Gasteiger charge is -2.34. The van der Waals surface area contributed by atoms with E-state index in [1.54, 1.807) is 0 Å². The van der Waals surface area contributed by atoms with Crippen molar-refractivity contribution in [2.45, 2.75) is 181 Å². The highest BCUT2D eigenvalue weighted by Crippen LogP contribution is 2.37. The third-order valence-corrected chi connectivity index (χ3v) is 15.3. The molecule has 4 aromatic rings. The standard InChI is InChI=1S/C71H111N3O6/c1-53(47-68(5,6)7)27-37-63(55(3)49-70(11,12)13)66(75)73(51-57-23-19-17-20-24-57)39-41-77-43-45-79-61-33-29-59(30-34-61)65(72)60-31-35-62(36-32-60)80-46-44-78-42-40-74(52-58-25-21-18-22-26-58)67(76)64(56(4)50-71(14,15)16)38-28-54(2)48-69(8,9)10/h17-26,29-36,53-56,63-65H,27-28,37-52,72H2,1-16H3. The molecule has 0 aliphatic carbocycles. The Balaban J connectivity index is 1.25. The molecule has 0 saturated carbocycles. The lowest BCUT2D eigenvalue weighted by Crippen LogP contribution is -2.41. The van der Waals surface area contributed by atoms with E-state index in [0.29, 0.717) is 77.7 Å². The van der Waals surface area contributed by atoms with Crippen LogP contribution in [0.1, 0.15) is 190 Å². The molecule has 0 aliphatic heterocycles. The molecule has 6 atom stereocenters. The zero-order valence-corrected chi connectivity index (χ0v) is 53.1. The second-order valence-corrected chi connectivity index (χ2v) is 28.6. The molecule has 0 spiro atoms. The molecule has 80 heavy (non-hydrogen) atoms. The van der Waals surface area contributed by atoms with Crippen LogP contribution in [0.4, 0.5) is 0 Å². The molecule has 0 fully saturated rings. The molecule has 0 radical (unpaired) electrons. The molecule has 0 aliphatic rings. The summed E-state index contributed by atoms with van der Waals surface area (Å²) in [5.74, 6) is 3.52. The fourth-order valence-corrected chi connectivity index (χ4v) is 12.1. The lowest BCUT2D eigenvalue weighted by atomic mass is 9.75. The second-order valence-electron chi connectivity index (χ2n) is 28.6. The molecule has 446 valence electrons. The molecule has 0 aromatic heterocycles. The highest BCUT2D eigenvalue weighted by atomic mass is 16.5. The molecule has 0 saturated heterocycles. The third kappa shape index (κ3) is 26.9. The number of carbonyl (C=O) groups is 2. The topological polar surface area (TPSA) is 104 Å². The maximum absolute atomic E-state index is 14.6. The summed E-state index contributed by atoms with van der Waals surface area (Å²) >= 11 is 0. The highest BCUT2D eigenvalue weighted by Gasteiger charge is 2.34. The van der Waals surface area contributed by atoms with Crippen molar-refractivity contribution >= 4 is 11.8 Å². The molecule has 0 heterocycles. The van der Waals surface area contributed by atoms with Gasteiger partial charge in [0, 0.05) is 38.0 Å². The molecule has 2 N–H and O–H groups in total. The van der Waals surface area contributed by atoms with E-state index in [1.165, 1.54) is 0 Å². The van der Waals surface area contributed by atoms with Gasteiger partial charge < -0.3 is 34.5 Å². The van der Waals surface area contributed by atoms with Crippen LogP contribution in [0.15, 0.2) is 109 Å². The van der Waals surface area contributed by atoms with E-state index in [-0.39, 0.29) is 63.2 Å². The smallest absolute Gasteiger partial charge is 0.226 e. The van der Waals surface area contributed by atoms with Gasteiger partial charge in [-0.3, -0.25) is 9.59 Å². The predicted molar refractivity (Wildman–Crippen MR) is 334 cm³/mol. The van der Waals surface area contributed by atoms with Crippen molar-refractivity contribution in [3.63, 3.8) is 0 Å². The quantitative estimate of drug-likeness (QED) is 0.0465. The first-order valence-corrected chi connectivity index (χ1v) is 30.6. The largest absolute Gasteiger partial charge is 0.491 e. The number of rotatable bonds is 34. The predicted octanol–water partition coefficient (Wildman–Crippen LogP) is 16.7. The van der Waals surface area contributed by atoms with Crippen LogP contribution in [-0.4, -0.2) is 74.3 Å². The van der Waals surface area contributed by atoms with Crippen molar-refractivity contribution in [3.8, 4) is 11.5 Å². The van der Waals surface area contributed by atoms with Gasteiger partial charge in [-0.25, -0.2) is 0 Å². The maximum Gasteiger partial charge on any atom is 0.226 e. The van der Waals surface area contributed by atoms with Gasteiger partial charge in [-0.2, -0.15) is 0 Å². The van der Waals surface area contributed by atoms with Gasteiger partial charge >= 0.3 is 0 Å². The third-order valence-electron chi connectivity index (χ3n) is 15.3. The van der Waals surface area contributed by atoms with E-state index >= 15 is 0 Å². The van der Waals surface area contributed by atoms with Crippen LogP contribution in [0.25, 0.3) is 0 Å². The highest BCUT2D eigenvalue weighted by molar-refractivity contribution is 5.79. The molecule has 4 rings (SSSR count). The van der Waals surface area contributed by atoms with E-state index in [9.17, 15) is 9.59 Å². The number of nitrogens with zero attached hydrogens (tertiary/aromatic N) is 2. The number of hydrogen-bond donors (Lipinski definition) is 1. The Bertz CT molecular complexity index is 2160. The summed E-state index contributed by atoms with van der Waals surface area (Å²) in [6.07, 6.45) is 8.17. The summed E-state index contributed by atoms with van der Waals surface area (Å²) in [6, 6.07) is 36.1. The summed E-state index contributed by atoms with van der Waals surface area (Å²) in [6.45, 7) is 41.4. The lowest BCUT2D eigenvalue weighted by molar-refractivity contribution is -0.140. The van der Waals surface area contributed by atoms with Gasteiger partial charge in [0.25, 0.3) is 0 Å². The van der Waals surface area contributed by atoms with Crippen molar-refractivity contribution < 1.29 is 28.5 Å². The Morgan fingerprint density at radius 3 is 1.06 bits per heavy atom. The molecule has 6 unspecified atom stereocenters. The minimum Gasteiger partial charge on any atom is -0.491 e. The van der Waals surface area contributed by atoms with Crippen LogP contribution >= 0.6 is 0 Å². The molecule has 9 heteroatoms. The van der Waals surface area contributed by atoms with E-state index < -0.39 is 0 Å². The Morgan fingerprint density at radius 1 is 0.425 bits per heavy atom. The first kappa shape index (κ1) is 67.8. The fourth-order valence-electron chi connectivity index (χ4n) is 12.1. The van der Waals surface area contributed by atoms with E-state index in [1.807, 2.05) is 94.7 Å². The van der Waals surface area contributed by atoms with Gasteiger partial charge in [-0.1, -0.05) is 196 Å². The Kier molecular flexibility index (Phi) is 27.8. The van der Waals surface area contributed by atoms with Crippen molar-refractivity contribution in [2.75, 3.05) is 52.7 Å². The zero-order chi connectivity index (χ0) is 59.1. The minimum atomic E-state index is -0.321. The van der Waals surface area contributed by atoms with Crippen molar-refractivity contribution in [2.24, 2.45) is 62.9 Å². The van der Waals surface area contributed by atoms with Gasteiger partial charge in [0.15, 0.2) is 0 Å². The summed E-state index contributed by atoms with van der Waals surface area (Å²) in [5, 5.41) is 0. The van der Waals surface area contributed by atoms with E-state index in [0.717, 1.165) is 85.1 Å². The van der Waals surface area contributed by atoms with Gasteiger partial charge in [0.1, 0.15) is 24.7 Å². The summed E-state index contributed by atoms with van der Waals surface area (Å²) in [4.78, 5) is 33.3. The maximum atomic E-state index is 14.6. The first-order valence-electron chi connectivity index (χ1n) is 30.6. The number of benzene rings is 4. The van der Waals surface area contributed by atoms with E-state index in [2.05, 4.69) is 135 Å². The van der Waals surface area contributed by atoms with Crippen molar-refractivity contribution in [1.82, 2.24) is 9.80 Å². The van der Waals surface area contributed by atoms with Crippen molar-refractivity contribution in [3.05, 3.63) is 131 Å².